The number of aromatic nitrogens is 1. The zero-order valence-corrected chi connectivity index (χ0v) is 14.9. The summed E-state index contributed by atoms with van der Waals surface area (Å²) in [7, 11) is 0. The van der Waals surface area contributed by atoms with E-state index in [4.69, 9.17) is 27.9 Å². The molecule has 0 bridgehead atoms. The largest absolute Gasteiger partial charge is 0.453 e. The van der Waals surface area contributed by atoms with Crippen LogP contribution in [0.1, 0.15) is 15.9 Å². The van der Waals surface area contributed by atoms with Gasteiger partial charge < -0.3 is 10.1 Å². The number of nitrogens with one attached hydrogen (secondary N) is 1. The minimum absolute atomic E-state index is 0.0811. The average Bonchev–Trinajstić information content (AvgIpc) is 2.65. The van der Waals surface area contributed by atoms with E-state index in [1.165, 1.54) is 24.4 Å². The van der Waals surface area contributed by atoms with Crippen LogP contribution in [0, 0.1) is 5.82 Å². The van der Waals surface area contributed by atoms with E-state index in [-0.39, 0.29) is 18.2 Å². The zero-order chi connectivity index (χ0) is 18.5. The summed E-state index contributed by atoms with van der Waals surface area (Å²) in [6, 6.07) is 12.4. The lowest BCUT2D eigenvalue weighted by Gasteiger charge is -2.09. The van der Waals surface area contributed by atoms with Gasteiger partial charge in [0, 0.05) is 18.3 Å². The highest BCUT2D eigenvalue weighted by atomic mass is 35.5. The molecule has 26 heavy (non-hydrogen) atoms. The normalized spacial score (nSPS) is 10.4. The van der Waals surface area contributed by atoms with Crippen LogP contribution in [-0.4, -0.2) is 10.9 Å². The smallest absolute Gasteiger partial charge is 0.251 e. The fourth-order valence-electron chi connectivity index (χ4n) is 2.19. The van der Waals surface area contributed by atoms with Gasteiger partial charge in [-0.2, -0.15) is 0 Å². The van der Waals surface area contributed by atoms with Crippen LogP contribution in [-0.2, 0) is 6.54 Å². The maximum Gasteiger partial charge on any atom is 0.251 e. The number of hydrogen-bond acceptors (Lipinski definition) is 3. The molecule has 1 amide bonds. The Morgan fingerprint density at radius 3 is 2.65 bits per heavy atom. The summed E-state index contributed by atoms with van der Waals surface area (Å²) < 4.78 is 19.6. The quantitative estimate of drug-likeness (QED) is 0.646. The fraction of sp³-hybridized carbons (Fsp3) is 0.0526. The van der Waals surface area contributed by atoms with E-state index in [0.717, 1.165) is 0 Å². The Bertz CT molecular complexity index is 936. The number of amides is 1. The van der Waals surface area contributed by atoms with Crippen molar-refractivity contribution >= 4 is 29.1 Å². The van der Waals surface area contributed by atoms with Gasteiger partial charge in [-0.05, 0) is 48.0 Å². The van der Waals surface area contributed by atoms with Crippen molar-refractivity contribution in [2.24, 2.45) is 0 Å². The van der Waals surface area contributed by atoms with Crippen LogP contribution in [0.2, 0.25) is 10.0 Å². The molecule has 0 unspecified atom stereocenters. The molecule has 7 heteroatoms. The molecule has 4 nitrogen and oxygen atoms in total. The highest BCUT2D eigenvalue weighted by molar-refractivity contribution is 6.42. The summed E-state index contributed by atoms with van der Waals surface area (Å²) in [6.07, 6.45) is 3.09. The number of carbonyl (C=O) groups is 1. The number of pyridine rings is 1. The van der Waals surface area contributed by atoms with Gasteiger partial charge in [0.15, 0.2) is 11.6 Å². The SMILES string of the molecule is O=C(NCc1ccc(Oc2cccnc2)c(F)c1)c1ccc(Cl)c(Cl)c1. The first-order chi connectivity index (χ1) is 12.5. The van der Waals surface area contributed by atoms with Crippen molar-refractivity contribution in [3.8, 4) is 11.5 Å². The standard InChI is InChI=1S/C19H13Cl2FN2O2/c20-15-5-4-13(9-16(15)21)19(25)24-10-12-3-6-18(17(22)8-12)26-14-2-1-7-23-11-14/h1-9,11H,10H2,(H,24,25). The minimum atomic E-state index is -0.532. The Morgan fingerprint density at radius 2 is 1.96 bits per heavy atom. The number of carbonyl (C=O) groups excluding carboxylic acids is 1. The Kier molecular flexibility index (Phi) is 5.71. The molecule has 1 N–H and O–H groups in total. The van der Waals surface area contributed by atoms with Crippen LogP contribution < -0.4 is 10.1 Å². The van der Waals surface area contributed by atoms with Crippen LogP contribution >= 0.6 is 23.2 Å². The lowest BCUT2D eigenvalue weighted by molar-refractivity contribution is 0.0951. The van der Waals surface area contributed by atoms with Gasteiger partial charge in [0.25, 0.3) is 5.91 Å². The van der Waals surface area contributed by atoms with E-state index in [1.807, 2.05) is 0 Å². The first kappa shape index (κ1) is 18.2. The molecule has 0 spiro atoms. The second-order valence-corrected chi connectivity index (χ2v) is 6.18. The molecule has 0 atom stereocenters. The van der Waals surface area contributed by atoms with E-state index in [2.05, 4.69) is 10.3 Å². The topological polar surface area (TPSA) is 51.2 Å². The van der Waals surface area contributed by atoms with Gasteiger partial charge in [0.2, 0.25) is 0 Å². The molecule has 0 aliphatic carbocycles. The highest BCUT2D eigenvalue weighted by Gasteiger charge is 2.10. The first-order valence-electron chi connectivity index (χ1n) is 7.62. The van der Waals surface area contributed by atoms with Crippen molar-refractivity contribution in [2.75, 3.05) is 0 Å². The van der Waals surface area contributed by atoms with Crippen molar-refractivity contribution in [1.29, 1.82) is 0 Å². The molecule has 0 saturated heterocycles. The molecule has 0 radical (unpaired) electrons. The number of rotatable bonds is 5. The molecule has 1 aromatic heterocycles. The fourth-order valence-corrected chi connectivity index (χ4v) is 2.49. The molecular formula is C19H13Cl2FN2O2. The molecular weight excluding hydrogens is 378 g/mol. The Morgan fingerprint density at radius 1 is 1.12 bits per heavy atom. The molecule has 3 aromatic rings. The third-order valence-electron chi connectivity index (χ3n) is 3.49. The van der Waals surface area contributed by atoms with Gasteiger partial charge in [-0.25, -0.2) is 4.39 Å². The van der Waals surface area contributed by atoms with Crippen molar-refractivity contribution in [1.82, 2.24) is 10.3 Å². The summed E-state index contributed by atoms with van der Waals surface area (Å²) in [4.78, 5) is 16.0. The van der Waals surface area contributed by atoms with E-state index < -0.39 is 5.82 Å². The van der Waals surface area contributed by atoms with Gasteiger partial charge >= 0.3 is 0 Å². The summed E-state index contributed by atoms with van der Waals surface area (Å²) >= 11 is 11.7. The molecule has 0 fully saturated rings. The molecule has 132 valence electrons. The monoisotopic (exact) mass is 390 g/mol. The lowest BCUT2D eigenvalue weighted by Crippen LogP contribution is -2.22. The Hall–Kier alpha value is -2.63. The summed E-state index contributed by atoms with van der Waals surface area (Å²) in [5, 5.41) is 3.36. The van der Waals surface area contributed by atoms with E-state index >= 15 is 0 Å². The number of ether oxygens (including phenoxy) is 1. The van der Waals surface area contributed by atoms with Crippen molar-refractivity contribution in [2.45, 2.75) is 6.54 Å². The van der Waals surface area contributed by atoms with Crippen LogP contribution in [0.3, 0.4) is 0 Å². The van der Waals surface area contributed by atoms with Gasteiger partial charge in [0.05, 0.1) is 16.2 Å². The van der Waals surface area contributed by atoms with E-state index in [1.54, 1.807) is 36.5 Å². The van der Waals surface area contributed by atoms with Crippen molar-refractivity contribution < 1.29 is 13.9 Å². The van der Waals surface area contributed by atoms with Crippen LogP contribution in [0.5, 0.6) is 11.5 Å². The van der Waals surface area contributed by atoms with Crippen molar-refractivity contribution in [3.63, 3.8) is 0 Å². The first-order valence-corrected chi connectivity index (χ1v) is 8.38. The van der Waals surface area contributed by atoms with Gasteiger partial charge in [0.1, 0.15) is 5.75 Å². The molecule has 0 aliphatic heterocycles. The van der Waals surface area contributed by atoms with Crippen LogP contribution in [0.15, 0.2) is 60.9 Å². The van der Waals surface area contributed by atoms with Crippen molar-refractivity contribution in [3.05, 3.63) is 87.9 Å². The molecule has 3 rings (SSSR count). The third kappa shape index (κ3) is 4.50. The maximum atomic E-state index is 14.2. The van der Waals surface area contributed by atoms with E-state index in [9.17, 15) is 9.18 Å². The third-order valence-corrected chi connectivity index (χ3v) is 4.23. The van der Waals surface area contributed by atoms with Gasteiger partial charge in [-0.3, -0.25) is 9.78 Å². The maximum absolute atomic E-state index is 14.2. The number of nitrogens with zero attached hydrogens (tertiary/aromatic N) is 1. The number of benzene rings is 2. The van der Waals surface area contributed by atoms with Crippen LogP contribution in [0.4, 0.5) is 4.39 Å². The summed E-state index contributed by atoms with van der Waals surface area (Å²) in [5.74, 6) is -0.348. The molecule has 0 saturated carbocycles. The van der Waals surface area contributed by atoms with Gasteiger partial charge in [-0.1, -0.05) is 29.3 Å². The molecule has 2 aromatic carbocycles. The summed E-state index contributed by atoms with van der Waals surface area (Å²) in [5.41, 5.74) is 0.964. The second-order valence-electron chi connectivity index (χ2n) is 5.37. The Labute approximate surface area is 159 Å². The second kappa shape index (κ2) is 8.17. The van der Waals surface area contributed by atoms with Gasteiger partial charge in [-0.15, -0.1) is 0 Å². The minimum Gasteiger partial charge on any atom is -0.453 e. The van der Waals surface area contributed by atoms with E-state index in [0.29, 0.717) is 26.9 Å². The summed E-state index contributed by atoms with van der Waals surface area (Å²) in [6.45, 7) is 0.156. The zero-order valence-electron chi connectivity index (χ0n) is 13.4. The highest BCUT2D eigenvalue weighted by Crippen LogP contribution is 2.25. The predicted octanol–water partition coefficient (Wildman–Crippen LogP) is 5.25. The predicted molar refractivity (Wildman–Crippen MR) is 98.3 cm³/mol. The molecule has 1 heterocycles. The number of halogens is 3. The number of hydrogen-bond donors (Lipinski definition) is 1. The lowest BCUT2D eigenvalue weighted by atomic mass is 10.2. The average molecular weight is 391 g/mol. The van der Waals surface area contributed by atoms with Crippen LogP contribution in [0.25, 0.3) is 0 Å². The molecule has 0 aliphatic rings. The Balaban J connectivity index is 1.64.